The molecule has 0 saturated heterocycles. The van der Waals surface area contributed by atoms with Crippen molar-refractivity contribution >= 4 is 0 Å². The molecule has 0 spiro atoms. The molecule has 0 amide bonds. The first-order valence-corrected chi connectivity index (χ1v) is 4.70. The highest BCUT2D eigenvalue weighted by molar-refractivity contribution is 5.38. The summed E-state index contributed by atoms with van der Waals surface area (Å²) < 4.78 is 5.19. The molecule has 0 aliphatic carbocycles. The summed E-state index contributed by atoms with van der Waals surface area (Å²) in [4.78, 5) is 0. The van der Waals surface area contributed by atoms with E-state index >= 15 is 0 Å². The number of methoxy groups -OCH3 is 1. The topological polar surface area (TPSA) is 45.0 Å². The standard InChI is InChI=1S/C12H14N2O/c1-3-8-14-11(9-13)10-6-4-5-7-12(10)15-2/h3-7,11,14H,1,8H2,2H3. The number of ether oxygens (including phenoxy) is 1. The molecule has 1 rings (SSSR count). The first kappa shape index (κ1) is 11.3. The fourth-order valence-electron chi connectivity index (χ4n) is 1.33. The van der Waals surface area contributed by atoms with E-state index < -0.39 is 0 Å². The lowest BCUT2D eigenvalue weighted by molar-refractivity contribution is 0.406. The Morgan fingerprint density at radius 3 is 2.93 bits per heavy atom. The van der Waals surface area contributed by atoms with Crippen LogP contribution in [0.2, 0.25) is 0 Å². The van der Waals surface area contributed by atoms with Crippen molar-refractivity contribution in [2.45, 2.75) is 6.04 Å². The zero-order valence-corrected chi connectivity index (χ0v) is 8.73. The van der Waals surface area contributed by atoms with Gasteiger partial charge in [0, 0.05) is 12.1 Å². The van der Waals surface area contributed by atoms with Crippen LogP contribution < -0.4 is 10.1 Å². The van der Waals surface area contributed by atoms with E-state index in [1.807, 2.05) is 24.3 Å². The zero-order chi connectivity index (χ0) is 11.1. The Morgan fingerprint density at radius 2 is 2.33 bits per heavy atom. The van der Waals surface area contributed by atoms with Crippen molar-refractivity contribution < 1.29 is 4.74 Å². The molecule has 0 heterocycles. The Hall–Kier alpha value is -1.79. The Balaban J connectivity index is 2.91. The molecule has 1 aromatic carbocycles. The molecule has 3 nitrogen and oxygen atoms in total. The molecule has 1 N–H and O–H groups in total. The van der Waals surface area contributed by atoms with Crippen LogP contribution in [0.5, 0.6) is 5.75 Å². The molecule has 15 heavy (non-hydrogen) atoms. The second kappa shape index (κ2) is 5.84. The lowest BCUT2D eigenvalue weighted by atomic mass is 10.1. The molecule has 1 unspecified atom stereocenters. The molecular formula is C12H14N2O. The SMILES string of the molecule is C=CCNC(C#N)c1ccccc1OC. The second-order valence-electron chi connectivity index (χ2n) is 3.00. The van der Waals surface area contributed by atoms with Crippen LogP contribution in [0.1, 0.15) is 11.6 Å². The van der Waals surface area contributed by atoms with E-state index in [-0.39, 0.29) is 6.04 Å². The monoisotopic (exact) mass is 202 g/mol. The van der Waals surface area contributed by atoms with Crippen molar-refractivity contribution in [3.05, 3.63) is 42.5 Å². The summed E-state index contributed by atoms with van der Waals surface area (Å²) in [5.41, 5.74) is 0.851. The Kier molecular flexibility index (Phi) is 4.39. The number of nitrogens with zero attached hydrogens (tertiary/aromatic N) is 1. The van der Waals surface area contributed by atoms with E-state index in [1.54, 1.807) is 13.2 Å². The van der Waals surface area contributed by atoms with Crippen LogP contribution in [-0.4, -0.2) is 13.7 Å². The van der Waals surface area contributed by atoms with Crippen LogP contribution >= 0.6 is 0 Å². The molecule has 0 radical (unpaired) electrons. The molecule has 78 valence electrons. The summed E-state index contributed by atoms with van der Waals surface area (Å²) >= 11 is 0. The first-order valence-electron chi connectivity index (χ1n) is 4.70. The highest BCUT2D eigenvalue weighted by Crippen LogP contribution is 2.23. The van der Waals surface area contributed by atoms with Crippen LogP contribution in [0.15, 0.2) is 36.9 Å². The van der Waals surface area contributed by atoms with Gasteiger partial charge in [-0.15, -0.1) is 6.58 Å². The average molecular weight is 202 g/mol. The van der Waals surface area contributed by atoms with Crippen LogP contribution in [0.25, 0.3) is 0 Å². The largest absolute Gasteiger partial charge is 0.496 e. The zero-order valence-electron chi connectivity index (χ0n) is 8.73. The molecule has 1 aromatic rings. The first-order chi connectivity index (χ1) is 7.33. The van der Waals surface area contributed by atoms with Crippen molar-refractivity contribution in [1.82, 2.24) is 5.32 Å². The van der Waals surface area contributed by atoms with Gasteiger partial charge >= 0.3 is 0 Å². The maximum atomic E-state index is 9.02. The summed E-state index contributed by atoms with van der Waals surface area (Å²) in [6.07, 6.45) is 1.72. The summed E-state index contributed by atoms with van der Waals surface area (Å²) in [6.45, 7) is 4.19. The van der Waals surface area contributed by atoms with Gasteiger partial charge in [-0.2, -0.15) is 5.26 Å². The van der Waals surface area contributed by atoms with Gasteiger partial charge < -0.3 is 4.74 Å². The molecular weight excluding hydrogens is 188 g/mol. The number of nitrogens with one attached hydrogen (secondary N) is 1. The minimum atomic E-state index is -0.362. The molecule has 0 fully saturated rings. The van der Waals surface area contributed by atoms with Gasteiger partial charge in [0.2, 0.25) is 0 Å². The van der Waals surface area contributed by atoms with E-state index in [1.165, 1.54) is 0 Å². The van der Waals surface area contributed by atoms with Gasteiger partial charge in [0.15, 0.2) is 0 Å². The van der Waals surface area contributed by atoms with Crippen molar-refractivity contribution in [1.29, 1.82) is 5.26 Å². The summed E-state index contributed by atoms with van der Waals surface area (Å²) in [7, 11) is 1.60. The number of nitriles is 1. The van der Waals surface area contributed by atoms with E-state index in [0.29, 0.717) is 6.54 Å². The van der Waals surface area contributed by atoms with Crippen molar-refractivity contribution in [3.8, 4) is 11.8 Å². The van der Waals surface area contributed by atoms with Crippen molar-refractivity contribution in [3.63, 3.8) is 0 Å². The van der Waals surface area contributed by atoms with Gasteiger partial charge in [-0.25, -0.2) is 0 Å². The van der Waals surface area contributed by atoms with E-state index in [0.717, 1.165) is 11.3 Å². The fraction of sp³-hybridized carbons (Fsp3) is 0.250. The van der Waals surface area contributed by atoms with Crippen molar-refractivity contribution in [2.75, 3.05) is 13.7 Å². The number of rotatable bonds is 5. The van der Waals surface area contributed by atoms with Crippen LogP contribution in [0.3, 0.4) is 0 Å². The number of benzene rings is 1. The minimum absolute atomic E-state index is 0.362. The predicted molar refractivity (Wildman–Crippen MR) is 59.5 cm³/mol. The molecule has 0 bridgehead atoms. The van der Waals surface area contributed by atoms with Gasteiger partial charge in [-0.1, -0.05) is 24.3 Å². The van der Waals surface area contributed by atoms with E-state index in [9.17, 15) is 0 Å². The summed E-state index contributed by atoms with van der Waals surface area (Å²) in [5, 5.41) is 12.1. The fourth-order valence-corrected chi connectivity index (χ4v) is 1.33. The Bertz CT molecular complexity index is 368. The summed E-state index contributed by atoms with van der Waals surface area (Å²) in [6, 6.07) is 9.31. The van der Waals surface area contributed by atoms with Crippen LogP contribution in [0.4, 0.5) is 0 Å². The van der Waals surface area contributed by atoms with Gasteiger partial charge in [0.05, 0.1) is 13.2 Å². The van der Waals surface area contributed by atoms with Gasteiger partial charge in [0.1, 0.15) is 11.8 Å². The summed E-state index contributed by atoms with van der Waals surface area (Å²) in [5.74, 6) is 0.723. The Morgan fingerprint density at radius 1 is 1.60 bits per heavy atom. The van der Waals surface area contributed by atoms with Gasteiger partial charge in [-0.05, 0) is 6.07 Å². The average Bonchev–Trinajstić information content (AvgIpc) is 2.30. The van der Waals surface area contributed by atoms with Gasteiger partial charge in [0.25, 0.3) is 0 Å². The minimum Gasteiger partial charge on any atom is -0.496 e. The van der Waals surface area contributed by atoms with E-state index in [4.69, 9.17) is 10.00 Å². The van der Waals surface area contributed by atoms with Crippen LogP contribution in [0, 0.1) is 11.3 Å². The molecule has 0 aliphatic heterocycles. The molecule has 0 aliphatic rings. The predicted octanol–water partition coefficient (Wildman–Crippen LogP) is 2.04. The third kappa shape index (κ3) is 2.83. The lowest BCUT2D eigenvalue weighted by Crippen LogP contribution is -2.20. The van der Waals surface area contributed by atoms with Crippen molar-refractivity contribution in [2.24, 2.45) is 0 Å². The third-order valence-corrected chi connectivity index (χ3v) is 2.05. The Labute approximate surface area is 90.0 Å². The third-order valence-electron chi connectivity index (χ3n) is 2.05. The molecule has 1 atom stereocenters. The molecule has 3 heteroatoms. The lowest BCUT2D eigenvalue weighted by Gasteiger charge is -2.13. The molecule has 0 aromatic heterocycles. The maximum absolute atomic E-state index is 9.02. The molecule has 0 saturated carbocycles. The number of hydrogen-bond donors (Lipinski definition) is 1. The quantitative estimate of drug-likeness (QED) is 0.743. The highest BCUT2D eigenvalue weighted by Gasteiger charge is 2.13. The highest BCUT2D eigenvalue weighted by atomic mass is 16.5. The number of hydrogen-bond acceptors (Lipinski definition) is 3. The normalized spacial score (nSPS) is 11.5. The number of para-hydroxylation sites is 1. The maximum Gasteiger partial charge on any atom is 0.125 e. The van der Waals surface area contributed by atoms with Gasteiger partial charge in [-0.3, -0.25) is 5.32 Å². The van der Waals surface area contributed by atoms with Crippen LogP contribution in [-0.2, 0) is 0 Å². The smallest absolute Gasteiger partial charge is 0.125 e. The second-order valence-corrected chi connectivity index (χ2v) is 3.00. The van der Waals surface area contributed by atoms with E-state index in [2.05, 4.69) is 18.0 Å².